The van der Waals surface area contributed by atoms with Gasteiger partial charge in [0.1, 0.15) is 0 Å². The van der Waals surface area contributed by atoms with E-state index in [1.165, 1.54) is 11.6 Å². The van der Waals surface area contributed by atoms with E-state index in [1.807, 2.05) is 12.3 Å². The van der Waals surface area contributed by atoms with Crippen LogP contribution in [0.15, 0.2) is 52.7 Å². The topological polar surface area (TPSA) is 103 Å². The summed E-state index contributed by atoms with van der Waals surface area (Å²) in [6.07, 6.45) is 11.4. The average Bonchev–Trinajstić information content (AvgIpc) is 3.79. The third kappa shape index (κ3) is 8.57. The van der Waals surface area contributed by atoms with Gasteiger partial charge in [0, 0.05) is 18.8 Å². The molecule has 5 N–H and O–H groups in total. The number of hydrogen-bond acceptors (Lipinski definition) is 3. The Balaban J connectivity index is 1.80. The largest absolute Gasteiger partial charge is 0.392 e. The third-order valence-corrected chi connectivity index (χ3v) is 6.09. The number of nitrogens with one attached hydrogen (secondary N) is 2. The molecule has 1 aromatic carbocycles. The lowest BCUT2D eigenvalue weighted by Crippen LogP contribution is -2.41. The maximum absolute atomic E-state index is 14.2. The molecule has 0 spiro atoms. The molecule has 2 fully saturated rings. The Kier molecular flexibility index (Phi) is 10.2. The highest BCUT2D eigenvalue weighted by Crippen LogP contribution is 2.37. The molecule has 3 rings (SSSR count). The van der Waals surface area contributed by atoms with Crippen LogP contribution in [0.5, 0.6) is 0 Å². The number of aliphatic hydroxyl groups is 1. The van der Waals surface area contributed by atoms with Crippen LogP contribution >= 0.6 is 0 Å². The number of aliphatic hydroxyl groups excluding tert-OH is 1. The minimum absolute atomic E-state index is 0.143. The second-order valence-corrected chi connectivity index (χ2v) is 9.34. The fourth-order valence-corrected chi connectivity index (χ4v) is 3.59. The predicted octanol–water partition coefficient (Wildman–Crippen LogP) is 3.89. The first-order valence-electron chi connectivity index (χ1n) is 12.6. The van der Waals surface area contributed by atoms with Crippen LogP contribution in [0.2, 0.25) is 0 Å². The summed E-state index contributed by atoms with van der Waals surface area (Å²) in [5.74, 6) is -0.907. The fourth-order valence-electron chi connectivity index (χ4n) is 3.59. The number of amides is 2. The number of allylic oxidation sites excluding steroid dienone is 3. The molecule has 2 saturated carbocycles. The zero-order chi connectivity index (χ0) is 26.1. The van der Waals surface area contributed by atoms with Gasteiger partial charge < -0.3 is 26.4 Å². The fraction of sp³-hybridized carbons (Fsp3) is 0.481. The zero-order valence-corrected chi connectivity index (χ0v) is 21.1. The molecule has 36 heavy (non-hydrogen) atoms. The number of halogens is 2. The number of nitrogens with zero attached hydrogens (tertiary/aromatic N) is 2. The van der Waals surface area contributed by atoms with Crippen LogP contribution in [0, 0.1) is 17.6 Å². The van der Waals surface area contributed by atoms with E-state index in [0.29, 0.717) is 41.5 Å². The lowest BCUT2D eigenvalue weighted by Gasteiger charge is -2.24. The number of carbonyl (C=O) groups excluding carboxylic acids is 1. The Morgan fingerprint density at radius 1 is 1.33 bits per heavy atom. The van der Waals surface area contributed by atoms with Crippen molar-refractivity contribution in [3.05, 3.63) is 70.5 Å². The molecule has 2 amide bonds. The molecule has 0 heterocycles. The van der Waals surface area contributed by atoms with Crippen LogP contribution in [0.3, 0.4) is 0 Å². The Hall–Kier alpha value is -3.04. The van der Waals surface area contributed by atoms with Crippen LogP contribution in [-0.4, -0.2) is 47.7 Å². The van der Waals surface area contributed by atoms with Crippen LogP contribution in [0.25, 0.3) is 0 Å². The second-order valence-electron chi connectivity index (χ2n) is 9.34. The van der Waals surface area contributed by atoms with E-state index in [2.05, 4.69) is 22.5 Å². The summed E-state index contributed by atoms with van der Waals surface area (Å²) >= 11 is 0. The summed E-state index contributed by atoms with van der Waals surface area (Å²) in [4.78, 5) is 18.8. The molecule has 196 valence electrons. The van der Waals surface area contributed by atoms with Gasteiger partial charge in [-0.15, -0.1) is 0 Å². The van der Waals surface area contributed by atoms with Crippen molar-refractivity contribution in [3.63, 3.8) is 0 Å². The van der Waals surface area contributed by atoms with Crippen molar-refractivity contribution in [1.29, 1.82) is 0 Å². The van der Waals surface area contributed by atoms with E-state index in [9.17, 15) is 18.7 Å². The highest BCUT2D eigenvalue weighted by Gasteiger charge is 2.29. The van der Waals surface area contributed by atoms with E-state index < -0.39 is 17.7 Å². The molecular formula is C27H37F2N5O2. The van der Waals surface area contributed by atoms with Gasteiger partial charge in [-0.3, -0.25) is 0 Å². The maximum atomic E-state index is 14.2. The first-order valence-corrected chi connectivity index (χ1v) is 12.6. The summed E-state index contributed by atoms with van der Waals surface area (Å²) in [5, 5.41) is 15.6. The van der Waals surface area contributed by atoms with Crippen molar-refractivity contribution >= 4 is 12.0 Å². The van der Waals surface area contributed by atoms with Crippen molar-refractivity contribution in [2.75, 3.05) is 19.7 Å². The normalized spacial score (nSPS) is 19.2. The van der Waals surface area contributed by atoms with E-state index in [0.717, 1.165) is 25.7 Å². The smallest absolute Gasteiger partial charge is 0.344 e. The Morgan fingerprint density at radius 2 is 2.08 bits per heavy atom. The predicted molar refractivity (Wildman–Crippen MR) is 138 cm³/mol. The van der Waals surface area contributed by atoms with Gasteiger partial charge in [0.25, 0.3) is 0 Å². The van der Waals surface area contributed by atoms with Crippen molar-refractivity contribution in [2.24, 2.45) is 16.6 Å². The zero-order valence-electron chi connectivity index (χ0n) is 21.1. The second kappa shape index (κ2) is 13.3. The van der Waals surface area contributed by atoms with Gasteiger partial charge in [-0.25, -0.2) is 13.6 Å². The molecule has 7 nitrogen and oxygen atoms in total. The Labute approximate surface area is 211 Å². The van der Waals surface area contributed by atoms with E-state index in [-0.39, 0.29) is 25.7 Å². The van der Waals surface area contributed by atoms with Crippen molar-refractivity contribution in [1.82, 2.24) is 15.5 Å². The third-order valence-electron chi connectivity index (χ3n) is 6.09. The average molecular weight is 502 g/mol. The minimum Gasteiger partial charge on any atom is -0.392 e. The van der Waals surface area contributed by atoms with Crippen molar-refractivity contribution < 1.29 is 18.7 Å². The number of guanidine groups is 1. The van der Waals surface area contributed by atoms with E-state index >= 15 is 0 Å². The maximum Gasteiger partial charge on any atom is 0.344 e. The Morgan fingerprint density at radius 3 is 2.69 bits per heavy atom. The number of nitrogens with two attached hydrogens (primary N) is 1. The van der Waals surface area contributed by atoms with Crippen LogP contribution in [0.4, 0.5) is 13.6 Å². The number of benzene rings is 1. The molecule has 1 atom stereocenters. The number of carbonyl (C=O) groups is 1. The number of hydrogen-bond donors (Lipinski definition) is 4. The molecule has 1 unspecified atom stereocenters. The van der Waals surface area contributed by atoms with Gasteiger partial charge in [-0.1, -0.05) is 43.7 Å². The summed E-state index contributed by atoms with van der Waals surface area (Å²) in [7, 11) is 0. The first-order chi connectivity index (χ1) is 17.3. The first kappa shape index (κ1) is 27.5. The molecule has 0 aromatic heterocycles. The van der Waals surface area contributed by atoms with Crippen molar-refractivity contribution in [2.45, 2.75) is 58.5 Å². The SMILES string of the molecule is CCc1cc(CN(/C=C2\CC2C)/C(=N\C(=O)NC/C(=C/C=C\CCN)CO)NC2CC2)cc(F)c1F. The van der Waals surface area contributed by atoms with Crippen LogP contribution in [-0.2, 0) is 13.0 Å². The standard InChI is InChI=1S/C27H37F2N5O2/c1-3-21-12-20(13-24(28)25(21)29)15-34(16-22-11-18(22)2)26(32-23-8-9-23)33-27(36)31-14-19(17-35)7-5-4-6-10-30/h4-5,7,12-13,16,18,23,35H,3,6,8-11,14-15,17,30H2,1-2H3,(H2,31,32,33,36)/b5-4-,19-7-,22-16+. The molecule has 1 aromatic rings. The van der Waals surface area contributed by atoms with E-state index in [1.54, 1.807) is 30.0 Å². The monoisotopic (exact) mass is 501 g/mol. The highest BCUT2D eigenvalue weighted by atomic mass is 19.2. The molecule has 0 aliphatic heterocycles. The quantitative estimate of drug-likeness (QED) is 0.209. The summed E-state index contributed by atoms with van der Waals surface area (Å²) in [5.41, 5.74) is 8.20. The molecule has 2 aliphatic carbocycles. The van der Waals surface area contributed by atoms with Crippen LogP contribution in [0.1, 0.15) is 50.7 Å². The highest BCUT2D eigenvalue weighted by molar-refractivity contribution is 5.93. The molecule has 0 saturated heterocycles. The van der Waals surface area contributed by atoms with Gasteiger partial charge in [-0.05, 0) is 67.3 Å². The molecule has 2 aliphatic rings. The summed E-state index contributed by atoms with van der Waals surface area (Å²) in [6.45, 7) is 4.61. The molecule has 0 radical (unpaired) electrons. The number of rotatable bonds is 11. The van der Waals surface area contributed by atoms with Crippen molar-refractivity contribution in [3.8, 4) is 0 Å². The summed E-state index contributed by atoms with van der Waals surface area (Å²) < 4.78 is 28.3. The van der Waals surface area contributed by atoms with Crippen LogP contribution < -0.4 is 16.4 Å². The minimum atomic E-state index is -0.882. The van der Waals surface area contributed by atoms with Gasteiger partial charge in [0.15, 0.2) is 11.6 Å². The van der Waals surface area contributed by atoms with Gasteiger partial charge >= 0.3 is 6.03 Å². The molecular weight excluding hydrogens is 464 g/mol. The Bertz CT molecular complexity index is 1050. The number of aryl methyl sites for hydroxylation is 1. The molecule has 0 bridgehead atoms. The number of urea groups is 1. The lowest BCUT2D eigenvalue weighted by molar-refractivity contribution is 0.249. The van der Waals surface area contributed by atoms with Gasteiger partial charge in [0.2, 0.25) is 5.96 Å². The van der Waals surface area contributed by atoms with E-state index in [4.69, 9.17) is 5.73 Å². The van der Waals surface area contributed by atoms with Gasteiger partial charge in [-0.2, -0.15) is 4.99 Å². The summed E-state index contributed by atoms with van der Waals surface area (Å²) in [6, 6.07) is 2.51. The number of aliphatic imine (C=N–C) groups is 1. The van der Waals surface area contributed by atoms with Gasteiger partial charge in [0.05, 0.1) is 13.2 Å². The molecule has 9 heteroatoms. The lowest BCUT2D eigenvalue weighted by atomic mass is 10.1.